The van der Waals surface area contributed by atoms with Crippen LogP contribution in [0.15, 0.2) is 0 Å². The second-order valence-electron chi connectivity index (χ2n) is 4.20. The van der Waals surface area contributed by atoms with Gasteiger partial charge in [-0.25, -0.2) is 4.79 Å². The van der Waals surface area contributed by atoms with Crippen LogP contribution in [-0.2, 0) is 19.1 Å². The zero-order valence-electron chi connectivity index (χ0n) is 11.1. The van der Waals surface area contributed by atoms with Gasteiger partial charge in [-0.2, -0.15) is 0 Å². The number of carboxylic acid groups (broad SMARTS) is 1. The molecule has 0 bridgehead atoms. The molecule has 1 amide bonds. The van der Waals surface area contributed by atoms with E-state index in [4.69, 9.17) is 5.11 Å². The average molecular weight is 259 g/mol. The summed E-state index contributed by atoms with van der Waals surface area (Å²) in [6, 6.07) is -1.05. The molecule has 0 aliphatic rings. The third-order valence-electron chi connectivity index (χ3n) is 2.65. The van der Waals surface area contributed by atoms with E-state index >= 15 is 0 Å². The Morgan fingerprint density at radius 1 is 1.28 bits per heavy atom. The van der Waals surface area contributed by atoms with Crippen molar-refractivity contribution >= 4 is 17.8 Å². The molecule has 104 valence electrons. The molecule has 0 saturated heterocycles. The highest BCUT2D eigenvalue weighted by molar-refractivity contribution is 5.85. The lowest BCUT2D eigenvalue weighted by molar-refractivity contribution is -0.144. The molecule has 18 heavy (non-hydrogen) atoms. The van der Waals surface area contributed by atoms with E-state index in [9.17, 15) is 14.4 Å². The highest BCUT2D eigenvalue weighted by atomic mass is 16.5. The molecule has 0 heterocycles. The lowest BCUT2D eigenvalue weighted by Crippen LogP contribution is -2.43. The first-order chi connectivity index (χ1) is 8.42. The van der Waals surface area contributed by atoms with E-state index in [0.717, 1.165) is 6.42 Å². The summed E-state index contributed by atoms with van der Waals surface area (Å²) in [4.78, 5) is 33.6. The molecule has 0 fully saturated rings. The largest absolute Gasteiger partial charge is 0.480 e. The van der Waals surface area contributed by atoms with Crippen molar-refractivity contribution in [3.05, 3.63) is 0 Å². The monoisotopic (exact) mass is 259 g/mol. The SMILES string of the molecule is CCCC(C)C(=O)N[C@@H](CCC(=O)OC)C(=O)O. The average Bonchev–Trinajstić information content (AvgIpc) is 2.33. The van der Waals surface area contributed by atoms with Gasteiger partial charge in [0.25, 0.3) is 0 Å². The standard InChI is InChI=1S/C12H21NO5/c1-4-5-8(2)11(15)13-9(12(16)17)6-7-10(14)18-3/h8-9H,4-7H2,1-3H3,(H,13,15)(H,16,17)/t8?,9-/m0/s1. The fraction of sp³-hybridized carbons (Fsp3) is 0.750. The summed E-state index contributed by atoms with van der Waals surface area (Å²) in [5.74, 6) is -2.16. The molecule has 0 rings (SSSR count). The van der Waals surface area contributed by atoms with Crippen LogP contribution in [0.25, 0.3) is 0 Å². The molecule has 2 atom stereocenters. The number of hydrogen-bond acceptors (Lipinski definition) is 4. The quantitative estimate of drug-likeness (QED) is 0.633. The van der Waals surface area contributed by atoms with E-state index in [0.29, 0.717) is 6.42 Å². The molecule has 0 aromatic carbocycles. The maximum atomic E-state index is 11.7. The van der Waals surface area contributed by atoms with Gasteiger partial charge < -0.3 is 15.2 Å². The number of methoxy groups -OCH3 is 1. The summed E-state index contributed by atoms with van der Waals surface area (Å²) < 4.78 is 4.43. The van der Waals surface area contributed by atoms with Gasteiger partial charge in [-0.05, 0) is 12.8 Å². The highest BCUT2D eigenvalue weighted by Gasteiger charge is 2.23. The Morgan fingerprint density at radius 2 is 1.89 bits per heavy atom. The second-order valence-corrected chi connectivity index (χ2v) is 4.20. The molecule has 1 unspecified atom stereocenters. The van der Waals surface area contributed by atoms with Gasteiger partial charge in [-0.3, -0.25) is 9.59 Å². The van der Waals surface area contributed by atoms with Gasteiger partial charge in [-0.15, -0.1) is 0 Å². The minimum Gasteiger partial charge on any atom is -0.480 e. The molecule has 0 aromatic rings. The molecule has 0 aromatic heterocycles. The topological polar surface area (TPSA) is 92.7 Å². The smallest absolute Gasteiger partial charge is 0.326 e. The van der Waals surface area contributed by atoms with Crippen LogP contribution in [0.4, 0.5) is 0 Å². The van der Waals surface area contributed by atoms with Crippen LogP contribution in [0.2, 0.25) is 0 Å². The second kappa shape index (κ2) is 8.49. The van der Waals surface area contributed by atoms with Gasteiger partial charge in [0, 0.05) is 12.3 Å². The van der Waals surface area contributed by atoms with Crippen molar-refractivity contribution in [2.45, 2.75) is 45.6 Å². The molecule has 6 heteroatoms. The van der Waals surface area contributed by atoms with Gasteiger partial charge in [0.05, 0.1) is 7.11 Å². The number of esters is 1. The first-order valence-electron chi connectivity index (χ1n) is 6.02. The molecule has 0 aliphatic carbocycles. The predicted octanol–water partition coefficient (Wildman–Crippen LogP) is 0.945. The third kappa shape index (κ3) is 6.22. The summed E-state index contributed by atoms with van der Waals surface area (Å²) in [5.41, 5.74) is 0. The molecular formula is C12H21NO5. The number of rotatable bonds is 8. The zero-order valence-corrected chi connectivity index (χ0v) is 11.1. The van der Waals surface area contributed by atoms with E-state index in [1.807, 2.05) is 6.92 Å². The van der Waals surface area contributed by atoms with Crippen molar-refractivity contribution in [3.8, 4) is 0 Å². The molecule has 0 spiro atoms. The van der Waals surface area contributed by atoms with Crippen molar-refractivity contribution in [1.29, 1.82) is 0 Å². The van der Waals surface area contributed by atoms with Crippen molar-refractivity contribution < 1.29 is 24.2 Å². The molecule has 0 saturated carbocycles. The Bertz CT molecular complexity index is 303. The number of carbonyl (C=O) groups excluding carboxylic acids is 2. The Morgan fingerprint density at radius 3 is 2.33 bits per heavy atom. The Kier molecular flexibility index (Phi) is 7.74. The number of carboxylic acids is 1. The number of ether oxygens (including phenoxy) is 1. The number of hydrogen-bond donors (Lipinski definition) is 2. The van der Waals surface area contributed by atoms with Crippen molar-refractivity contribution in [1.82, 2.24) is 5.32 Å². The van der Waals surface area contributed by atoms with Gasteiger partial charge in [0.1, 0.15) is 6.04 Å². The lowest BCUT2D eigenvalue weighted by atomic mass is 10.0. The van der Waals surface area contributed by atoms with Crippen LogP contribution >= 0.6 is 0 Å². The van der Waals surface area contributed by atoms with E-state index in [1.165, 1.54) is 7.11 Å². The number of aliphatic carboxylic acids is 1. The van der Waals surface area contributed by atoms with Gasteiger partial charge in [-0.1, -0.05) is 20.3 Å². The van der Waals surface area contributed by atoms with Crippen molar-refractivity contribution in [2.24, 2.45) is 5.92 Å². The maximum absolute atomic E-state index is 11.7. The molecule has 6 nitrogen and oxygen atoms in total. The van der Waals surface area contributed by atoms with E-state index in [-0.39, 0.29) is 24.7 Å². The summed E-state index contributed by atoms with van der Waals surface area (Å²) in [7, 11) is 1.24. The Balaban J connectivity index is 4.31. The van der Waals surface area contributed by atoms with Crippen LogP contribution in [0.1, 0.15) is 39.5 Å². The van der Waals surface area contributed by atoms with Crippen LogP contribution in [0.3, 0.4) is 0 Å². The summed E-state index contributed by atoms with van der Waals surface area (Å²) in [6.07, 6.45) is 1.56. The van der Waals surface area contributed by atoms with Gasteiger partial charge in [0.15, 0.2) is 0 Å². The molecule has 0 radical (unpaired) electrons. The predicted molar refractivity (Wildman–Crippen MR) is 64.9 cm³/mol. The molecular weight excluding hydrogens is 238 g/mol. The maximum Gasteiger partial charge on any atom is 0.326 e. The highest BCUT2D eigenvalue weighted by Crippen LogP contribution is 2.07. The van der Waals surface area contributed by atoms with Crippen LogP contribution in [0, 0.1) is 5.92 Å². The van der Waals surface area contributed by atoms with Gasteiger partial charge >= 0.3 is 11.9 Å². The normalized spacial score (nSPS) is 13.5. The van der Waals surface area contributed by atoms with Crippen LogP contribution in [0.5, 0.6) is 0 Å². The van der Waals surface area contributed by atoms with Crippen LogP contribution < -0.4 is 5.32 Å². The third-order valence-corrected chi connectivity index (χ3v) is 2.65. The summed E-state index contributed by atoms with van der Waals surface area (Å²) in [6.45, 7) is 3.70. The summed E-state index contributed by atoms with van der Waals surface area (Å²) >= 11 is 0. The Labute approximate surface area is 107 Å². The molecule has 2 N–H and O–H groups in total. The van der Waals surface area contributed by atoms with Gasteiger partial charge in [0.2, 0.25) is 5.91 Å². The fourth-order valence-corrected chi connectivity index (χ4v) is 1.50. The van der Waals surface area contributed by atoms with Crippen LogP contribution in [-0.4, -0.2) is 36.1 Å². The summed E-state index contributed by atoms with van der Waals surface area (Å²) in [5, 5.41) is 11.4. The first kappa shape index (κ1) is 16.4. The minimum absolute atomic E-state index is 0.0318. The Hall–Kier alpha value is -1.59. The minimum atomic E-state index is -1.14. The van der Waals surface area contributed by atoms with E-state index in [1.54, 1.807) is 6.92 Å². The van der Waals surface area contributed by atoms with Crippen molar-refractivity contribution in [3.63, 3.8) is 0 Å². The number of carbonyl (C=O) groups is 3. The van der Waals surface area contributed by atoms with E-state index < -0.39 is 18.0 Å². The lowest BCUT2D eigenvalue weighted by Gasteiger charge is -2.17. The fourth-order valence-electron chi connectivity index (χ4n) is 1.50. The first-order valence-corrected chi connectivity index (χ1v) is 6.02. The number of amides is 1. The van der Waals surface area contributed by atoms with E-state index in [2.05, 4.69) is 10.1 Å². The van der Waals surface area contributed by atoms with Crippen molar-refractivity contribution in [2.75, 3.05) is 7.11 Å². The number of nitrogens with one attached hydrogen (secondary N) is 1. The zero-order chi connectivity index (χ0) is 14.1. The molecule has 0 aliphatic heterocycles.